The molecular formula is C9H18N2O. The fraction of sp³-hybridized carbons (Fsp3) is 1.00. The Labute approximate surface area is 73.8 Å². The van der Waals surface area contributed by atoms with Gasteiger partial charge in [-0.2, -0.15) is 0 Å². The summed E-state index contributed by atoms with van der Waals surface area (Å²) in [4.78, 5) is 2.44. The van der Waals surface area contributed by atoms with Gasteiger partial charge >= 0.3 is 0 Å². The van der Waals surface area contributed by atoms with E-state index in [2.05, 4.69) is 10.2 Å². The van der Waals surface area contributed by atoms with Crippen LogP contribution in [0.2, 0.25) is 0 Å². The Kier molecular flexibility index (Phi) is 2.63. The summed E-state index contributed by atoms with van der Waals surface area (Å²) in [6.07, 6.45) is 3.36. The molecule has 0 aromatic heterocycles. The van der Waals surface area contributed by atoms with E-state index in [-0.39, 0.29) is 6.10 Å². The van der Waals surface area contributed by atoms with Crippen LogP contribution in [0.1, 0.15) is 19.3 Å². The van der Waals surface area contributed by atoms with Gasteiger partial charge in [-0.3, -0.25) is 4.90 Å². The molecule has 1 aliphatic carbocycles. The van der Waals surface area contributed by atoms with E-state index in [0.717, 1.165) is 32.6 Å². The van der Waals surface area contributed by atoms with Crippen LogP contribution in [0.15, 0.2) is 0 Å². The van der Waals surface area contributed by atoms with Crippen molar-refractivity contribution in [1.29, 1.82) is 0 Å². The number of hydrogen-bond acceptors (Lipinski definition) is 3. The first-order valence-electron chi connectivity index (χ1n) is 5.01. The lowest BCUT2D eigenvalue weighted by atomic mass is 10.1. The zero-order chi connectivity index (χ0) is 8.39. The summed E-state index contributed by atoms with van der Waals surface area (Å²) in [5.41, 5.74) is 0. The zero-order valence-corrected chi connectivity index (χ0v) is 7.50. The van der Waals surface area contributed by atoms with Gasteiger partial charge in [0.2, 0.25) is 0 Å². The van der Waals surface area contributed by atoms with Crippen molar-refractivity contribution in [3.8, 4) is 0 Å². The van der Waals surface area contributed by atoms with Crippen LogP contribution in [0, 0.1) is 0 Å². The maximum Gasteiger partial charge on any atom is 0.0695 e. The van der Waals surface area contributed by atoms with Gasteiger partial charge in [0.05, 0.1) is 6.10 Å². The fourth-order valence-corrected chi connectivity index (χ4v) is 2.36. The van der Waals surface area contributed by atoms with Crippen molar-refractivity contribution in [2.45, 2.75) is 31.4 Å². The molecule has 1 saturated heterocycles. The molecule has 3 heteroatoms. The van der Waals surface area contributed by atoms with E-state index in [0.29, 0.717) is 6.04 Å². The highest BCUT2D eigenvalue weighted by atomic mass is 16.3. The Balaban J connectivity index is 1.89. The third-order valence-corrected chi connectivity index (χ3v) is 3.06. The Morgan fingerprint density at radius 3 is 2.50 bits per heavy atom. The van der Waals surface area contributed by atoms with E-state index >= 15 is 0 Å². The second-order valence-electron chi connectivity index (χ2n) is 3.85. The lowest BCUT2D eigenvalue weighted by molar-refractivity contribution is 0.0633. The van der Waals surface area contributed by atoms with Gasteiger partial charge in [0, 0.05) is 32.2 Å². The van der Waals surface area contributed by atoms with Crippen molar-refractivity contribution in [2.75, 3.05) is 26.2 Å². The molecule has 3 nitrogen and oxygen atoms in total. The molecule has 0 aromatic rings. The van der Waals surface area contributed by atoms with Crippen molar-refractivity contribution >= 4 is 0 Å². The van der Waals surface area contributed by atoms with Crippen LogP contribution in [-0.4, -0.2) is 48.3 Å². The molecule has 2 atom stereocenters. The summed E-state index contributed by atoms with van der Waals surface area (Å²) in [7, 11) is 0. The maximum absolute atomic E-state index is 9.68. The van der Waals surface area contributed by atoms with Crippen molar-refractivity contribution in [1.82, 2.24) is 10.2 Å². The second kappa shape index (κ2) is 3.73. The summed E-state index contributed by atoms with van der Waals surface area (Å²) in [5, 5.41) is 13.0. The molecule has 2 fully saturated rings. The van der Waals surface area contributed by atoms with Gasteiger partial charge in [-0.25, -0.2) is 0 Å². The van der Waals surface area contributed by atoms with Crippen molar-refractivity contribution in [3.05, 3.63) is 0 Å². The van der Waals surface area contributed by atoms with E-state index in [1.54, 1.807) is 0 Å². The molecule has 12 heavy (non-hydrogen) atoms. The average molecular weight is 170 g/mol. The summed E-state index contributed by atoms with van der Waals surface area (Å²) >= 11 is 0. The predicted molar refractivity (Wildman–Crippen MR) is 48.1 cm³/mol. The Hall–Kier alpha value is -0.120. The minimum absolute atomic E-state index is 0.0527. The first-order valence-corrected chi connectivity index (χ1v) is 5.01. The molecule has 2 N–H and O–H groups in total. The van der Waals surface area contributed by atoms with Crippen LogP contribution >= 0.6 is 0 Å². The monoisotopic (exact) mass is 170 g/mol. The first-order chi connectivity index (χ1) is 5.88. The topological polar surface area (TPSA) is 35.5 Å². The minimum Gasteiger partial charge on any atom is -0.391 e. The fourth-order valence-electron chi connectivity index (χ4n) is 2.36. The molecule has 2 rings (SSSR count). The molecule has 0 spiro atoms. The third kappa shape index (κ3) is 1.63. The van der Waals surface area contributed by atoms with Crippen LogP contribution in [-0.2, 0) is 0 Å². The average Bonchev–Trinajstić information content (AvgIpc) is 2.53. The van der Waals surface area contributed by atoms with E-state index in [9.17, 15) is 5.11 Å². The standard InChI is InChI=1S/C9H18N2O/c12-9-3-1-2-8(9)11-6-4-10-5-7-11/h8-10,12H,1-7H2/t8-,9+/m0/s1. The van der Waals surface area contributed by atoms with Crippen LogP contribution in [0.4, 0.5) is 0 Å². The molecule has 0 bridgehead atoms. The molecule has 2 aliphatic rings. The lowest BCUT2D eigenvalue weighted by Gasteiger charge is -2.34. The highest BCUT2D eigenvalue weighted by Gasteiger charge is 2.30. The summed E-state index contributed by atoms with van der Waals surface area (Å²) in [6, 6.07) is 0.465. The zero-order valence-electron chi connectivity index (χ0n) is 7.50. The van der Waals surface area contributed by atoms with Gasteiger partial charge < -0.3 is 10.4 Å². The Bertz CT molecular complexity index is 145. The number of hydrogen-bond donors (Lipinski definition) is 2. The molecular weight excluding hydrogens is 152 g/mol. The molecule has 0 amide bonds. The van der Waals surface area contributed by atoms with Crippen molar-refractivity contribution in [2.24, 2.45) is 0 Å². The molecule has 0 unspecified atom stereocenters. The summed E-state index contributed by atoms with van der Waals surface area (Å²) in [5.74, 6) is 0. The van der Waals surface area contributed by atoms with Gasteiger partial charge in [0.1, 0.15) is 0 Å². The molecule has 0 radical (unpaired) electrons. The normalized spacial score (nSPS) is 38.8. The predicted octanol–water partition coefficient (Wildman–Crippen LogP) is -0.195. The van der Waals surface area contributed by atoms with E-state index in [1.807, 2.05) is 0 Å². The molecule has 1 heterocycles. The number of rotatable bonds is 1. The van der Waals surface area contributed by atoms with E-state index in [1.165, 1.54) is 12.8 Å². The van der Waals surface area contributed by atoms with Crippen LogP contribution in [0.25, 0.3) is 0 Å². The maximum atomic E-state index is 9.68. The number of nitrogens with one attached hydrogen (secondary N) is 1. The van der Waals surface area contributed by atoms with E-state index in [4.69, 9.17) is 0 Å². The molecule has 1 saturated carbocycles. The minimum atomic E-state index is -0.0527. The third-order valence-electron chi connectivity index (χ3n) is 3.06. The summed E-state index contributed by atoms with van der Waals surface area (Å²) < 4.78 is 0. The van der Waals surface area contributed by atoms with Crippen LogP contribution < -0.4 is 5.32 Å². The SMILES string of the molecule is O[C@@H]1CCC[C@@H]1N1CCNCC1. The van der Waals surface area contributed by atoms with Gasteiger partial charge in [-0.1, -0.05) is 0 Å². The second-order valence-corrected chi connectivity index (χ2v) is 3.85. The number of piperazine rings is 1. The summed E-state index contributed by atoms with van der Waals surface area (Å²) in [6.45, 7) is 4.40. The van der Waals surface area contributed by atoms with Gasteiger partial charge in [0.15, 0.2) is 0 Å². The highest BCUT2D eigenvalue weighted by Crippen LogP contribution is 2.24. The molecule has 1 aliphatic heterocycles. The number of aliphatic hydroxyl groups is 1. The largest absolute Gasteiger partial charge is 0.391 e. The van der Waals surface area contributed by atoms with Gasteiger partial charge in [0.25, 0.3) is 0 Å². The van der Waals surface area contributed by atoms with Crippen molar-refractivity contribution in [3.63, 3.8) is 0 Å². The quantitative estimate of drug-likeness (QED) is 0.572. The Morgan fingerprint density at radius 2 is 1.92 bits per heavy atom. The Morgan fingerprint density at radius 1 is 1.17 bits per heavy atom. The lowest BCUT2D eigenvalue weighted by Crippen LogP contribution is -2.50. The number of aliphatic hydroxyl groups excluding tert-OH is 1. The highest BCUT2D eigenvalue weighted by molar-refractivity contribution is 4.86. The van der Waals surface area contributed by atoms with Crippen molar-refractivity contribution < 1.29 is 5.11 Å². The molecule has 0 aromatic carbocycles. The van der Waals surface area contributed by atoms with Gasteiger partial charge in [-0.05, 0) is 19.3 Å². The van der Waals surface area contributed by atoms with E-state index < -0.39 is 0 Å². The van der Waals surface area contributed by atoms with Crippen LogP contribution in [0.5, 0.6) is 0 Å². The smallest absolute Gasteiger partial charge is 0.0695 e. The number of nitrogens with zero attached hydrogens (tertiary/aromatic N) is 1. The molecule has 70 valence electrons. The van der Waals surface area contributed by atoms with Crippen LogP contribution in [0.3, 0.4) is 0 Å². The first kappa shape index (κ1) is 8.48. The van der Waals surface area contributed by atoms with Gasteiger partial charge in [-0.15, -0.1) is 0 Å².